The van der Waals surface area contributed by atoms with Crippen LogP contribution in [0.1, 0.15) is 39.5 Å². The maximum atomic E-state index is 3.67. The minimum absolute atomic E-state index is 0.624. The van der Waals surface area contributed by atoms with Gasteiger partial charge in [-0.2, -0.15) is 0 Å². The van der Waals surface area contributed by atoms with Gasteiger partial charge in [0.2, 0.25) is 0 Å². The third-order valence-corrected chi connectivity index (χ3v) is 4.49. The van der Waals surface area contributed by atoms with Crippen LogP contribution in [0.2, 0.25) is 0 Å². The van der Waals surface area contributed by atoms with Gasteiger partial charge < -0.3 is 5.32 Å². The smallest absolute Gasteiger partial charge is 0.0153 e. The Hall–Kier alpha value is -0.0800. The van der Waals surface area contributed by atoms with Gasteiger partial charge in [-0.15, -0.1) is 0 Å². The van der Waals surface area contributed by atoms with Gasteiger partial charge in [-0.25, -0.2) is 0 Å². The first-order valence-electron chi connectivity index (χ1n) is 6.62. The van der Waals surface area contributed by atoms with Gasteiger partial charge >= 0.3 is 0 Å². The zero-order valence-corrected chi connectivity index (χ0v) is 10.1. The lowest BCUT2D eigenvalue weighted by molar-refractivity contribution is 0.277. The van der Waals surface area contributed by atoms with Crippen LogP contribution in [0.3, 0.4) is 0 Å². The van der Waals surface area contributed by atoms with Crippen LogP contribution in [0.5, 0.6) is 0 Å². The minimum Gasteiger partial charge on any atom is -0.314 e. The summed E-state index contributed by atoms with van der Waals surface area (Å²) in [6.45, 7) is 8.80. The molecule has 2 aliphatic carbocycles. The monoisotopic (exact) mass is 208 g/mol. The van der Waals surface area contributed by atoms with Crippen LogP contribution in [0, 0.1) is 11.3 Å². The first kappa shape index (κ1) is 10.1. The second-order valence-electron chi connectivity index (χ2n) is 6.54. The Morgan fingerprint density at radius 2 is 2.00 bits per heavy atom. The van der Waals surface area contributed by atoms with Crippen molar-refractivity contribution in [1.29, 1.82) is 0 Å². The molecule has 2 nitrogen and oxygen atoms in total. The van der Waals surface area contributed by atoms with Crippen LogP contribution in [0.15, 0.2) is 0 Å². The van der Waals surface area contributed by atoms with Crippen molar-refractivity contribution in [1.82, 2.24) is 10.2 Å². The summed E-state index contributed by atoms with van der Waals surface area (Å²) < 4.78 is 0. The zero-order chi connectivity index (χ0) is 10.5. The Morgan fingerprint density at radius 3 is 2.60 bits per heavy atom. The SMILES string of the molecule is CC1(C)CC1N1CCC(CNC2CC2)C1. The van der Waals surface area contributed by atoms with E-state index in [1.807, 2.05) is 0 Å². The molecular weight excluding hydrogens is 184 g/mol. The molecule has 2 saturated carbocycles. The molecule has 15 heavy (non-hydrogen) atoms. The Morgan fingerprint density at radius 1 is 1.27 bits per heavy atom. The molecular formula is C13H24N2. The van der Waals surface area contributed by atoms with Gasteiger partial charge in [0.1, 0.15) is 0 Å². The van der Waals surface area contributed by atoms with Crippen molar-refractivity contribution in [3.8, 4) is 0 Å². The molecule has 2 heteroatoms. The van der Waals surface area contributed by atoms with Gasteiger partial charge in [0.25, 0.3) is 0 Å². The van der Waals surface area contributed by atoms with Crippen molar-refractivity contribution >= 4 is 0 Å². The standard InChI is InChI=1S/C13H24N2/c1-13(2)7-12(13)15-6-5-10(9-15)8-14-11-3-4-11/h10-12,14H,3-9H2,1-2H3. The largest absolute Gasteiger partial charge is 0.314 e. The van der Waals surface area contributed by atoms with Gasteiger partial charge in [-0.05, 0) is 50.1 Å². The summed E-state index contributed by atoms with van der Waals surface area (Å²) >= 11 is 0. The molecule has 0 aromatic carbocycles. The summed E-state index contributed by atoms with van der Waals surface area (Å²) in [6, 6.07) is 1.79. The van der Waals surface area contributed by atoms with E-state index in [1.54, 1.807) is 0 Å². The summed E-state index contributed by atoms with van der Waals surface area (Å²) in [5.74, 6) is 0.932. The average molecular weight is 208 g/mol. The fourth-order valence-corrected chi connectivity index (χ4v) is 3.00. The molecule has 0 bridgehead atoms. The predicted molar refractivity (Wildman–Crippen MR) is 62.9 cm³/mol. The predicted octanol–water partition coefficient (Wildman–Crippen LogP) is 1.86. The third-order valence-electron chi connectivity index (χ3n) is 4.49. The van der Waals surface area contributed by atoms with Crippen LogP contribution < -0.4 is 5.32 Å². The molecule has 86 valence electrons. The van der Waals surface area contributed by atoms with E-state index in [0.717, 1.165) is 18.0 Å². The van der Waals surface area contributed by atoms with Crippen molar-refractivity contribution in [2.45, 2.75) is 51.6 Å². The molecule has 0 aromatic heterocycles. The lowest BCUT2D eigenvalue weighted by atomic mass is 10.1. The zero-order valence-electron chi connectivity index (χ0n) is 10.1. The van der Waals surface area contributed by atoms with Crippen molar-refractivity contribution in [2.75, 3.05) is 19.6 Å². The van der Waals surface area contributed by atoms with Crippen molar-refractivity contribution < 1.29 is 0 Å². The molecule has 2 atom stereocenters. The topological polar surface area (TPSA) is 15.3 Å². The molecule has 2 unspecified atom stereocenters. The molecule has 3 fully saturated rings. The van der Waals surface area contributed by atoms with Crippen molar-refractivity contribution in [3.63, 3.8) is 0 Å². The normalized spacial score (nSPS) is 39.6. The van der Waals surface area contributed by atoms with E-state index in [0.29, 0.717) is 5.41 Å². The molecule has 1 heterocycles. The lowest BCUT2D eigenvalue weighted by Gasteiger charge is -2.18. The van der Waals surface area contributed by atoms with E-state index in [2.05, 4.69) is 24.1 Å². The van der Waals surface area contributed by atoms with E-state index in [-0.39, 0.29) is 0 Å². The highest BCUT2D eigenvalue weighted by Gasteiger charge is 2.50. The van der Waals surface area contributed by atoms with E-state index in [4.69, 9.17) is 0 Å². The van der Waals surface area contributed by atoms with Crippen LogP contribution in [-0.2, 0) is 0 Å². The van der Waals surface area contributed by atoms with Gasteiger partial charge in [0, 0.05) is 18.6 Å². The third kappa shape index (κ3) is 2.21. The lowest BCUT2D eigenvalue weighted by Crippen LogP contribution is -2.30. The van der Waals surface area contributed by atoms with Gasteiger partial charge in [0.05, 0.1) is 0 Å². The summed E-state index contributed by atoms with van der Waals surface area (Å²) in [4.78, 5) is 2.74. The second kappa shape index (κ2) is 3.46. The number of rotatable bonds is 4. The average Bonchev–Trinajstić information content (AvgIpc) is 3.06. The van der Waals surface area contributed by atoms with Crippen molar-refractivity contribution in [2.24, 2.45) is 11.3 Å². The molecule has 1 aliphatic heterocycles. The summed E-state index contributed by atoms with van der Waals surface area (Å²) in [6.07, 6.45) is 5.69. The Bertz CT molecular complexity index is 245. The van der Waals surface area contributed by atoms with Gasteiger partial charge in [0.15, 0.2) is 0 Å². The maximum Gasteiger partial charge on any atom is 0.0153 e. The van der Waals surface area contributed by atoms with Crippen LogP contribution >= 0.6 is 0 Å². The highest BCUT2D eigenvalue weighted by molar-refractivity contribution is 5.04. The van der Waals surface area contributed by atoms with Crippen LogP contribution in [0.4, 0.5) is 0 Å². The summed E-state index contributed by atoms with van der Waals surface area (Å²) in [5, 5.41) is 3.67. The molecule has 0 aromatic rings. The number of likely N-dealkylation sites (tertiary alicyclic amines) is 1. The number of nitrogens with one attached hydrogen (secondary N) is 1. The van der Waals surface area contributed by atoms with Crippen molar-refractivity contribution in [3.05, 3.63) is 0 Å². The first-order valence-corrected chi connectivity index (χ1v) is 6.62. The first-order chi connectivity index (χ1) is 7.15. The minimum atomic E-state index is 0.624. The van der Waals surface area contributed by atoms with E-state index < -0.39 is 0 Å². The number of hydrogen-bond donors (Lipinski definition) is 1. The van der Waals surface area contributed by atoms with Crippen LogP contribution in [0.25, 0.3) is 0 Å². The number of hydrogen-bond acceptors (Lipinski definition) is 2. The van der Waals surface area contributed by atoms with E-state index >= 15 is 0 Å². The molecule has 0 amide bonds. The number of nitrogens with zero attached hydrogens (tertiary/aromatic N) is 1. The molecule has 0 spiro atoms. The van der Waals surface area contributed by atoms with E-state index in [9.17, 15) is 0 Å². The molecule has 3 aliphatic rings. The van der Waals surface area contributed by atoms with E-state index in [1.165, 1.54) is 45.3 Å². The Labute approximate surface area is 93.4 Å². The summed E-state index contributed by atoms with van der Waals surface area (Å²) in [5.41, 5.74) is 0.624. The fourth-order valence-electron chi connectivity index (χ4n) is 3.00. The Kier molecular flexibility index (Phi) is 2.33. The second-order valence-corrected chi connectivity index (χ2v) is 6.54. The van der Waals surface area contributed by atoms with Gasteiger partial charge in [-0.1, -0.05) is 13.8 Å². The highest BCUT2D eigenvalue weighted by Crippen LogP contribution is 2.49. The maximum absolute atomic E-state index is 3.67. The van der Waals surface area contributed by atoms with Gasteiger partial charge in [-0.3, -0.25) is 4.90 Å². The molecule has 1 N–H and O–H groups in total. The Balaban J connectivity index is 1.42. The van der Waals surface area contributed by atoms with Crippen LogP contribution in [-0.4, -0.2) is 36.6 Å². The fraction of sp³-hybridized carbons (Fsp3) is 1.00. The quantitative estimate of drug-likeness (QED) is 0.758. The molecule has 0 radical (unpaired) electrons. The summed E-state index contributed by atoms with van der Waals surface area (Å²) in [7, 11) is 0. The molecule has 3 rings (SSSR count). The molecule has 1 saturated heterocycles. The highest BCUT2D eigenvalue weighted by atomic mass is 15.2.